The van der Waals surface area contributed by atoms with Crippen LogP contribution in [-0.4, -0.2) is 9.97 Å². The highest BCUT2D eigenvalue weighted by Gasteiger charge is 2.18. The molecular weight excluding hydrogens is 548 g/mol. The summed E-state index contributed by atoms with van der Waals surface area (Å²) in [6.07, 6.45) is 0. The Kier molecular flexibility index (Phi) is 5.00. The van der Waals surface area contributed by atoms with Gasteiger partial charge >= 0.3 is 0 Å². The second kappa shape index (κ2) is 9.22. The van der Waals surface area contributed by atoms with Gasteiger partial charge in [0.15, 0.2) is 5.82 Å². The van der Waals surface area contributed by atoms with Crippen molar-refractivity contribution in [2.75, 3.05) is 0 Å². The van der Waals surface area contributed by atoms with Crippen LogP contribution in [0.15, 0.2) is 150 Å². The molecule has 0 saturated carbocycles. The first kappa shape index (κ1) is 24.4. The van der Waals surface area contributed by atoms with Gasteiger partial charge in [0.25, 0.3) is 0 Å². The van der Waals surface area contributed by atoms with Crippen molar-refractivity contribution in [2.24, 2.45) is 0 Å². The van der Waals surface area contributed by atoms with Crippen molar-refractivity contribution in [1.82, 2.24) is 9.97 Å². The van der Waals surface area contributed by atoms with E-state index in [9.17, 15) is 0 Å². The smallest absolute Gasteiger partial charge is 0.160 e. The van der Waals surface area contributed by atoms with E-state index in [1.165, 1.54) is 32.3 Å². The number of hydrogen-bond acceptors (Lipinski definition) is 3. The van der Waals surface area contributed by atoms with Crippen LogP contribution >= 0.6 is 0 Å². The van der Waals surface area contributed by atoms with Crippen LogP contribution in [0.1, 0.15) is 0 Å². The molecule has 0 aliphatic carbocycles. The van der Waals surface area contributed by atoms with E-state index in [2.05, 4.69) is 127 Å². The van der Waals surface area contributed by atoms with E-state index in [1.807, 2.05) is 18.2 Å². The number of nitrogens with zero attached hydrogens (tertiary/aromatic N) is 2. The number of hydrogen-bond donors (Lipinski definition) is 0. The lowest BCUT2D eigenvalue weighted by atomic mass is 9.92. The molecule has 3 heteroatoms. The van der Waals surface area contributed by atoms with E-state index in [-0.39, 0.29) is 0 Å². The van der Waals surface area contributed by atoms with Crippen LogP contribution in [0.2, 0.25) is 0 Å². The maximum Gasteiger partial charge on any atom is 0.160 e. The van der Waals surface area contributed by atoms with Gasteiger partial charge in [0.1, 0.15) is 11.2 Å². The Morgan fingerprint density at radius 3 is 1.93 bits per heavy atom. The van der Waals surface area contributed by atoms with Gasteiger partial charge in [-0.3, -0.25) is 0 Å². The van der Waals surface area contributed by atoms with E-state index >= 15 is 0 Å². The second-order valence-corrected chi connectivity index (χ2v) is 11.7. The van der Waals surface area contributed by atoms with Crippen LogP contribution in [0, 0.1) is 0 Å². The molecule has 2 heterocycles. The van der Waals surface area contributed by atoms with E-state index in [1.54, 1.807) is 0 Å². The number of para-hydroxylation sites is 1. The summed E-state index contributed by atoms with van der Waals surface area (Å²) in [4.78, 5) is 10.5. The van der Waals surface area contributed by atoms with Gasteiger partial charge in [0.2, 0.25) is 0 Å². The molecule has 0 aliphatic heterocycles. The third-order valence-electron chi connectivity index (χ3n) is 9.24. The average molecular weight is 573 g/mol. The predicted molar refractivity (Wildman–Crippen MR) is 188 cm³/mol. The van der Waals surface area contributed by atoms with Crippen LogP contribution in [-0.2, 0) is 0 Å². The molecule has 10 rings (SSSR count). The zero-order chi connectivity index (χ0) is 29.5. The van der Waals surface area contributed by atoms with Gasteiger partial charge in [-0.2, -0.15) is 0 Å². The van der Waals surface area contributed by atoms with Crippen molar-refractivity contribution < 1.29 is 4.42 Å². The Balaban J connectivity index is 1.29. The lowest BCUT2D eigenvalue weighted by Gasteiger charge is -2.14. The van der Waals surface area contributed by atoms with E-state index in [0.717, 1.165) is 66.3 Å². The summed E-state index contributed by atoms with van der Waals surface area (Å²) in [5.41, 5.74) is 5.82. The van der Waals surface area contributed by atoms with Crippen LogP contribution in [0.4, 0.5) is 0 Å². The molecule has 8 aromatic carbocycles. The fourth-order valence-corrected chi connectivity index (χ4v) is 7.17. The summed E-state index contributed by atoms with van der Waals surface area (Å²) in [7, 11) is 0. The monoisotopic (exact) mass is 572 g/mol. The molecule has 45 heavy (non-hydrogen) atoms. The highest BCUT2D eigenvalue weighted by molar-refractivity contribution is 6.32. The zero-order valence-corrected chi connectivity index (χ0v) is 24.2. The van der Waals surface area contributed by atoms with Gasteiger partial charge in [-0.1, -0.05) is 121 Å². The molecule has 0 radical (unpaired) electrons. The standard InChI is InChI=1S/C42H24N2O/c1-2-11-26(12-3-1)39-35-21-18-25-10-4-5-13-28(25)40(35)44-42(43-39)27-19-20-30-33-22-23-34-31-15-8-9-17-37(31)45-41(34)38(33)32-16-7-6-14-29(32)36(30)24-27/h1-24H. The summed E-state index contributed by atoms with van der Waals surface area (Å²) in [5, 5.41) is 12.7. The molecule has 0 atom stereocenters. The summed E-state index contributed by atoms with van der Waals surface area (Å²) >= 11 is 0. The Hall–Kier alpha value is -6.06. The zero-order valence-electron chi connectivity index (χ0n) is 24.2. The first-order valence-electron chi connectivity index (χ1n) is 15.3. The summed E-state index contributed by atoms with van der Waals surface area (Å²) in [6, 6.07) is 51.3. The molecule has 0 aliphatic rings. The molecular formula is C42H24N2O. The third-order valence-corrected chi connectivity index (χ3v) is 9.24. The molecule has 0 N–H and O–H groups in total. The van der Waals surface area contributed by atoms with E-state index in [4.69, 9.17) is 14.4 Å². The molecule has 0 saturated heterocycles. The number of rotatable bonds is 2. The minimum atomic E-state index is 0.719. The Bertz CT molecular complexity index is 2790. The van der Waals surface area contributed by atoms with Gasteiger partial charge in [0, 0.05) is 38.1 Å². The minimum Gasteiger partial charge on any atom is -0.455 e. The maximum absolute atomic E-state index is 6.53. The fourth-order valence-electron chi connectivity index (χ4n) is 7.17. The number of furan rings is 1. The van der Waals surface area contributed by atoms with Crippen molar-refractivity contribution in [2.45, 2.75) is 0 Å². The number of benzene rings is 8. The Morgan fingerprint density at radius 2 is 1.04 bits per heavy atom. The molecule has 208 valence electrons. The molecule has 0 unspecified atom stereocenters. The second-order valence-electron chi connectivity index (χ2n) is 11.7. The minimum absolute atomic E-state index is 0.719. The largest absolute Gasteiger partial charge is 0.455 e. The van der Waals surface area contributed by atoms with Crippen molar-refractivity contribution in [1.29, 1.82) is 0 Å². The van der Waals surface area contributed by atoms with Gasteiger partial charge in [-0.15, -0.1) is 0 Å². The summed E-state index contributed by atoms with van der Waals surface area (Å²) in [5.74, 6) is 0.719. The third kappa shape index (κ3) is 3.52. The Labute approximate surface area is 258 Å². The van der Waals surface area contributed by atoms with Crippen molar-refractivity contribution in [3.05, 3.63) is 146 Å². The fraction of sp³-hybridized carbons (Fsp3) is 0. The van der Waals surface area contributed by atoms with Crippen molar-refractivity contribution >= 4 is 75.9 Å². The molecule has 0 amide bonds. The molecule has 10 aromatic rings. The van der Waals surface area contributed by atoms with Crippen LogP contribution in [0.3, 0.4) is 0 Å². The van der Waals surface area contributed by atoms with Gasteiger partial charge < -0.3 is 4.42 Å². The number of fused-ring (bicyclic) bond motifs is 13. The molecule has 0 bridgehead atoms. The molecule has 0 fully saturated rings. The topological polar surface area (TPSA) is 38.9 Å². The van der Waals surface area contributed by atoms with Crippen molar-refractivity contribution in [3.63, 3.8) is 0 Å². The molecule has 0 spiro atoms. The lowest BCUT2D eigenvalue weighted by molar-refractivity contribution is 0.673. The maximum atomic E-state index is 6.53. The molecule has 2 aromatic heterocycles. The van der Waals surface area contributed by atoms with Crippen LogP contribution < -0.4 is 0 Å². The summed E-state index contributed by atoms with van der Waals surface area (Å²) < 4.78 is 6.53. The van der Waals surface area contributed by atoms with Gasteiger partial charge in [-0.05, 0) is 56.6 Å². The van der Waals surface area contributed by atoms with E-state index < -0.39 is 0 Å². The Morgan fingerprint density at radius 1 is 0.400 bits per heavy atom. The van der Waals surface area contributed by atoms with E-state index in [0.29, 0.717) is 0 Å². The summed E-state index contributed by atoms with van der Waals surface area (Å²) in [6.45, 7) is 0. The lowest BCUT2D eigenvalue weighted by Crippen LogP contribution is -1.96. The normalized spacial score (nSPS) is 12.0. The predicted octanol–water partition coefficient (Wildman–Crippen LogP) is 11.5. The van der Waals surface area contributed by atoms with Crippen molar-refractivity contribution in [3.8, 4) is 22.6 Å². The van der Waals surface area contributed by atoms with Crippen LogP contribution in [0.25, 0.3) is 98.6 Å². The SMILES string of the molecule is c1ccc(-c2nc(-c3ccc4c(c3)c3ccccc3c3c4ccc4c5ccccc5oc43)nc3c2ccc2ccccc23)cc1. The van der Waals surface area contributed by atoms with Crippen LogP contribution in [0.5, 0.6) is 0 Å². The molecule has 3 nitrogen and oxygen atoms in total. The number of aromatic nitrogens is 2. The average Bonchev–Trinajstić information content (AvgIpc) is 3.50. The highest BCUT2D eigenvalue weighted by Crippen LogP contribution is 2.43. The first-order valence-corrected chi connectivity index (χ1v) is 15.3. The first-order chi connectivity index (χ1) is 22.3. The van der Waals surface area contributed by atoms with Gasteiger partial charge in [-0.25, -0.2) is 9.97 Å². The highest BCUT2D eigenvalue weighted by atomic mass is 16.3. The van der Waals surface area contributed by atoms with Gasteiger partial charge in [0.05, 0.1) is 11.2 Å². The quantitative estimate of drug-likeness (QED) is 0.193.